The van der Waals surface area contributed by atoms with Crippen molar-refractivity contribution >= 4 is 33.1 Å². The van der Waals surface area contributed by atoms with Gasteiger partial charge in [0.15, 0.2) is 0 Å². The van der Waals surface area contributed by atoms with Gasteiger partial charge in [0.05, 0.1) is 0 Å². The molecule has 0 saturated carbocycles. The van der Waals surface area contributed by atoms with Gasteiger partial charge < -0.3 is 0 Å². The Balaban J connectivity index is 2.62. The van der Waals surface area contributed by atoms with Gasteiger partial charge in [0.1, 0.15) is 0 Å². The summed E-state index contributed by atoms with van der Waals surface area (Å²) in [6, 6.07) is 4.23. The van der Waals surface area contributed by atoms with Gasteiger partial charge in [0, 0.05) is 0 Å². The summed E-state index contributed by atoms with van der Waals surface area (Å²) >= 11 is -2.00. The third kappa shape index (κ3) is 1.78. The van der Waals surface area contributed by atoms with Crippen LogP contribution in [0, 0.1) is 0 Å². The Labute approximate surface area is 88.0 Å². The topological polar surface area (TPSA) is 30.7 Å². The molecular formula is C10H15N3Sn. The van der Waals surface area contributed by atoms with E-state index < -0.39 is 18.4 Å². The second-order valence-corrected chi connectivity index (χ2v) is 19.0. The molecule has 0 bridgehead atoms. The third-order valence-corrected chi connectivity index (χ3v) is 7.43. The summed E-state index contributed by atoms with van der Waals surface area (Å²) in [6.07, 6.45) is 1.98. The molecule has 0 spiro atoms. The van der Waals surface area contributed by atoms with Crippen molar-refractivity contribution < 1.29 is 0 Å². The number of hydrogen-bond acceptors (Lipinski definition) is 2. The minimum absolute atomic E-state index is 0.992. The van der Waals surface area contributed by atoms with E-state index >= 15 is 0 Å². The van der Waals surface area contributed by atoms with Crippen LogP contribution in [0.15, 0.2) is 18.3 Å². The summed E-state index contributed by atoms with van der Waals surface area (Å²) in [6.45, 7) is 0. The first-order valence-electron chi connectivity index (χ1n) is 4.78. The second kappa shape index (κ2) is 3.22. The Morgan fingerprint density at radius 1 is 1.14 bits per heavy atom. The molecule has 4 heteroatoms. The van der Waals surface area contributed by atoms with E-state index in [-0.39, 0.29) is 0 Å². The molecule has 0 aliphatic heterocycles. The molecule has 0 saturated heterocycles. The zero-order chi connectivity index (χ0) is 10.3. The van der Waals surface area contributed by atoms with Crippen LogP contribution in [0.2, 0.25) is 14.8 Å². The van der Waals surface area contributed by atoms with Gasteiger partial charge >= 0.3 is 88.1 Å². The predicted octanol–water partition coefficient (Wildman–Crippen LogP) is 1.51. The van der Waals surface area contributed by atoms with E-state index in [1.807, 2.05) is 17.9 Å². The van der Waals surface area contributed by atoms with E-state index in [0.717, 1.165) is 11.0 Å². The molecule has 0 N–H and O–H groups in total. The molecule has 0 radical (unpaired) electrons. The van der Waals surface area contributed by atoms with Crippen LogP contribution in [0.4, 0.5) is 0 Å². The maximum absolute atomic E-state index is 4.68. The van der Waals surface area contributed by atoms with E-state index in [1.54, 1.807) is 0 Å². The molecule has 0 aliphatic rings. The predicted molar refractivity (Wildman–Crippen MR) is 61.5 cm³/mol. The fourth-order valence-electron chi connectivity index (χ4n) is 1.44. The molecule has 0 fully saturated rings. The number of rotatable bonds is 1. The molecule has 0 aromatic carbocycles. The van der Waals surface area contributed by atoms with Gasteiger partial charge in [0.2, 0.25) is 0 Å². The van der Waals surface area contributed by atoms with Crippen LogP contribution < -0.4 is 3.71 Å². The third-order valence-electron chi connectivity index (χ3n) is 2.25. The van der Waals surface area contributed by atoms with Crippen molar-refractivity contribution in [1.29, 1.82) is 0 Å². The Morgan fingerprint density at radius 2 is 1.86 bits per heavy atom. The molecule has 3 nitrogen and oxygen atoms in total. The van der Waals surface area contributed by atoms with Crippen LogP contribution in [-0.2, 0) is 7.05 Å². The fourth-order valence-corrected chi connectivity index (χ4v) is 4.41. The van der Waals surface area contributed by atoms with Crippen molar-refractivity contribution in [3.8, 4) is 0 Å². The number of aromatic nitrogens is 3. The van der Waals surface area contributed by atoms with Gasteiger partial charge in [-0.15, -0.1) is 0 Å². The standard InChI is InChI=1S/C7H6N3.3CH3.Sn/c1-10-5-7-6(9-10)3-2-4-8-7;;;;/h2-3,5H,1H3;3*1H3;. The van der Waals surface area contributed by atoms with E-state index in [0.29, 0.717) is 0 Å². The fraction of sp³-hybridized carbons (Fsp3) is 0.400. The van der Waals surface area contributed by atoms with Gasteiger partial charge in [-0.05, 0) is 0 Å². The molecule has 2 heterocycles. The molecule has 0 amide bonds. The van der Waals surface area contributed by atoms with Gasteiger partial charge in [-0.3, -0.25) is 0 Å². The van der Waals surface area contributed by atoms with E-state index in [2.05, 4.69) is 37.0 Å². The SMILES string of the molecule is Cn1cc2n[c]([Sn]([CH3])([CH3])[CH3])ccc2n1. The molecule has 2 aromatic rings. The molecule has 14 heavy (non-hydrogen) atoms. The first kappa shape index (κ1) is 9.95. The van der Waals surface area contributed by atoms with Crippen LogP contribution >= 0.6 is 0 Å². The molecule has 0 unspecified atom stereocenters. The summed E-state index contributed by atoms with van der Waals surface area (Å²) in [5.74, 6) is 0. The number of aryl methyl sites for hydroxylation is 1. The summed E-state index contributed by atoms with van der Waals surface area (Å²) < 4.78 is 3.14. The summed E-state index contributed by atoms with van der Waals surface area (Å²) in [5.41, 5.74) is 2.02. The normalized spacial score (nSPS) is 12.3. The van der Waals surface area contributed by atoms with Crippen molar-refractivity contribution in [2.45, 2.75) is 14.8 Å². The van der Waals surface area contributed by atoms with Crippen molar-refractivity contribution in [3.63, 3.8) is 0 Å². The first-order chi connectivity index (χ1) is 6.47. The number of pyridine rings is 1. The summed E-state index contributed by atoms with van der Waals surface area (Å²) in [5, 5.41) is 4.31. The molecular weight excluding hydrogens is 281 g/mol. The number of fused-ring (bicyclic) bond motifs is 1. The Morgan fingerprint density at radius 3 is 2.50 bits per heavy atom. The summed E-state index contributed by atoms with van der Waals surface area (Å²) in [7, 11) is 1.93. The molecule has 2 rings (SSSR count). The minimum atomic E-state index is -2.00. The molecule has 2 aromatic heterocycles. The monoisotopic (exact) mass is 297 g/mol. The maximum atomic E-state index is 4.68. The molecule has 0 aliphatic carbocycles. The van der Waals surface area contributed by atoms with Gasteiger partial charge in [-0.25, -0.2) is 0 Å². The average Bonchev–Trinajstić information content (AvgIpc) is 2.41. The van der Waals surface area contributed by atoms with Gasteiger partial charge in [-0.2, -0.15) is 0 Å². The van der Waals surface area contributed by atoms with Gasteiger partial charge in [-0.1, -0.05) is 0 Å². The average molecular weight is 296 g/mol. The number of nitrogens with zero attached hydrogens (tertiary/aromatic N) is 3. The second-order valence-electron chi connectivity index (χ2n) is 4.65. The van der Waals surface area contributed by atoms with Crippen LogP contribution in [-0.4, -0.2) is 33.1 Å². The van der Waals surface area contributed by atoms with Crippen molar-refractivity contribution in [2.24, 2.45) is 7.05 Å². The summed E-state index contributed by atoms with van der Waals surface area (Å²) in [4.78, 5) is 11.8. The van der Waals surface area contributed by atoms with Gasteiger partial charge in [0.25, 0.3) is 0 Å². The van der Waals surface area contributed by atoms with Crippen molar-refractivity contribution in [2.75, 3.05) is 0 Å². The van der Waals surface area contributed by atoms with Crippen LogP contribution in [0.1, 0.15) is 0 Å². The quantitative estimate of drug-likeness (QED) is 0.747. The molecule has 74 valence electrons. The van der Waals surface area contributed by atoms with Crippen LogP contribution in [0.3, 0.4) is 0 Å². The zero-order valence-corrected chi connectivity index (χ0v) is 11.9. The van der Waals surface area contributed by atoms with Crippen molar-refractivity contribution in [3.05, 3.63) is 18.3 Å². The van der Waals surface area contributed by atoms with E-state index in [4.69, 9.17) is 0 Å². The Hall–Kier alpha value is -0.581. The zero-order valence-electron chi connectivity index (χ0n) is 9.07. The van der Waals surface area contributed by atoms with Crippen LogP contribution in [0.5, 0.6) is 0 Å². The Bertz CT molecular complexity index is 468. The Kier molecular flexibility index (Phi) is 2.29. The molecule has 0 atom stereocenters. The van der Waals surface area contributed by atoms with E-state index in [9.17, 15) is 0 Å². The van der Waals surface area contributed by atoms with Crippen LogP contribution in [0.25, 0.3) is 11.0 Å². The van der Waals surface area contributed by atoms with E-state index in [1.165, 1.54) is 3.71 Å². The first-order valence-corrected chi connectivity index (χ1v) is 14.8. The van der Waals surface area contributed by atoms with Crippen molar-refractivity contribution in [1.82, 2.24) is 14.8 Å². The number of hydrogen-bond donors (Lipinski definition) is 0.